The van der Waals surface area contributed by atoms with Gasteiger partial charge in [0.05, 0.1) is 25.3 Å². The molecule has 0 aromatic heterocycles. The summed E-state index contributed by atoms with van der Waals surface area (Å²) in [4.78, 5) is 0. The molecule has 0 amide bonds. The number of benzene rings is 1. The first-order chi connectivity index (χ1) is 9.96. The Morgan fingerprint density at radius 1 is 1.05 bits per heavy atom. The zero-order valence-electron chi connectivity index (χ0n) is 13.6. The summed E-state index contributed by atoms with van der Waals surface area (Å²) in [6, 6.07) is 4.02. The topological polar surface area (TPSA) is 39.7 Å². The van der Waals surface area contributed by atoms with Crippen molar-refractivity contribution < 1.29 is 14.2 Å². The lowest BCUT2D eigenvalue weighted by atomic mass is 9.81. The van der Waals surface area contributed by atoms with E-state index in [4.69, 9.17) is 14.2 Å². The van der Waals surface area contributed by atoms with Crippen LogP contribution in [-0.4, -0.2) is 41.0 Å². The Hall–Kier alpha value is -0.780. The zero-order valence-corrected chi connectivity index (χ0v) is 15.2. The summed E-state index contributed by atoms with van der Waals surface area (Å²) in [5.74, 6) is 1.70. The Bertz CT molecular complexity index is 449. The van der Waals surface area contributed by atoms with Gasteiger partial charge in [-0.15, -0.1) is 0 Å². The summed E-state index contributed by atoms with van der Waals surface area (Å²) >= 11 is 3.50. The Labute approximate surface area is 136 Å². The van der Waals surface area contributed by atoms with E-state index in [0.29, 0.717) is 0 Å². The standard InChI is InChI=1S/C16H26BrNO3/c1-16(2,6-7-18-8-9-19-3)12-10-15(21-5)13(17)11-14(12)20-4/h10-11,18H,6-9H2,1-5H3. The molecule has 0 radical (unpaired) electrons. The van der Waals surface area contributed by atoms with Gasteiger partial charge in [0, 0.05) is 19.2 Å². The Morgan fingerprint density at radius 2 is 1.71 bits per heavy atom. The van der Waals surface area contributed by atoms with Gasteiger partial charge >= 0.3 is 0 Å². The average molecular weight is 360 g/mol. The Kier molecular flexibility index (Phi) is 7.49. The van der Waals surface area contributed by atoms with Crippen molar-refractivity contribution >= 4 is 15.9 Å². The first kappa shape index (κ1) is 18.3. The quantitative estimate of drug-likeness (QED) is 0.686. The van der Waals surface area contributed by atoms with E-state index in [9.17, 15) is 0 Å². The van der Waals surface area contributed by atoms with Crippen LogP contribution in [0, 0.1) is 0 Å². The second-order valence-corrected chi connectivity index (χ2v) is 6.42. The molecule has 5 heteroatoms. The van der Waals surface area contributed by atoms with Gasteiger partial charge in [0.1, 0.15) is 11.5 Å². The third-order valence-corrected chi connectivity index (χ3v) is 4.23. The average Bonchev–Trinajstić information content (AvgIpc) is 2.46. The molecule has 0 aliphatic carbocycles. The lowest BCUT2D eigenvalue weighted by Gasteiger charge is -2.28. The van der Waals surface area contributed by atoms with Crippen LogP contribution in [0.25, 0.3) is 0 Å². The molecule has 0 fully saturated rings. The van der Waals surface area contributed by atoms with E-state index in [-0.39, 0.29) is 5.41 Å². The molecule has 0 aliphatic rings. The van der Waals surface area contributed by atoms with E-state index in [2.05, 4.69) is 41.2 Å². The van der Waals surface area contributed by atoms with Crippen molar-refractivity contribution in [2.24, 2.45) is 0 Å². The van der Waals surface area contributed by atoms with Gasteiger partial charge in [-0.25, -0.2) is 0 Å². The molecule has 1 aromatic carbocycles. The highest BCUT2D eigenvalue weighted by molar-refractivity contribution is 9.10. The Balaban J connectivity index is 2.85. The molecular formula is C16H26BrNO3. The fraction of sp³-hybridized carbons (Fsp3) is 0.625. The maximum absolute atomic E-state index is 5.53. The molecule has 0 saturated heterocycles. The molecule has 1 aromatic rings. The van der Waals surface area contributed by atoms with Crippen molar-refractivity contribution in [2.45, 2.75) is 25.7 Å². The van der Waals surface area contributed by atoms with E-state index in [0.717, 1.165) is 47.7 Å². The van der Waals surface area contributed by atoms with Gasteiger partial charge in [0.2, 0.25) is 0 Å². The van der Waals surface area contributed by atoms with Gasteiger partial charge < -0.3 is 19.5 Å². The number of hydrogen-bond donors (Lipinski definition) is 1. The number of nitrogens with one attached hydrogen (secondary N) is 1. The van der Waals surface area contributed by atoms with Gasteiger partial charge in [0.25, 0.3) is 0 Å². The second-order valence-electron chi connectivity index (χ2n) is 5.56. The van der Waals surface area contributed by atoms with Crippen LogP contribution in [0.3, 0.4) is 0 Å². The van der Waals surface area contributed by atoms with E-state index >= 15 is 0 Å². The van der Waals surface area contributed by atoms with Crippen LogP contribution in [0.5, 0.6) is 11.5 Å². The van der Waals surface area contributed by atoms with Crippen LogP contribution in [0.2, 0.25) is 0 Å². The summed E-state index contributed by atoms with van der Waals surface area (Å²) in [6.07, 6.45) is 0.998. The molecular weight excluding hydrogens is 334 g/mol. The van der Waals surface area contributed by atoms with Crippen molar-refractivity contribution in [3.05, 3.63) is 22.2 Å². The van der Waals surface area contributed by atoms with E-state index in [1.807, 2.05) is 6.07 Å². The number of halogens is 1. The molecule has 1 rings (SSSR count). The molecule has 0 bridgehead atoms. The predicted molar refractivity (Wildman–Crippen MR) is 89.6 cm³/mol. The summed E-state index contributed by atoms with van der Waals surface area (Å²) in [6.45, 7) is 6.97. The second kappa shape index (κ2) is 8.61. The molecule has 0 atom stereocenters. The minimum absolute atomic E-state index is 0.0145. The Morgan fingerprint density at radius 3 is 2.29 bits per heavy atom. The SMILES string of the molecule is COCCNCCC(C)(C)c1cc(OC)c(Br)cc1OC. The van der Waals surface area contributed by atoms with Crippen LogP contribution >= 0.6 is 15.9 Å². The highest BCUT2D eigenvalue weighted by Crippen LogP contribution is 2.40. The van der Waals surface area contributed by atoms with Gasteiger partial charge in [-0.05, 0) is 46.4 Å². The highest BCUT2D eigenvalue weighted by atomic mass is 79.9. The fourth-order valence-corrected chi connectivity index (χ4v) is 2.71. The lowest BCUT2D eigenvalue weighted by Crippen LogP contribution is -2.28. The minimum Gasteiger partial charge on any atom is -0.496 e. The van der Waals surface area contributed by atoms with Crippen molar-refractivity contribution in [3.8, 4) is 11.5 Å². The number of methoxy groups -OCH3 is 3. The summed E-state index contributed by atoms with van der Waals surface area (Å²) < 4.78 is 16.9. The zero-order chi connectivity index (χ0) is 15.9. The largest absolute Gasteiger partial charge is 0.496 e. The van der Waals surface area contributed by atoms with Crippen LogP contribution in [0.1, 0.15) is 25.8 Å². The molecule has 0 saturated carbocycles. The fourth-order valence-electron chi connectivity index (χ4n) is 2.22. The first-order valence-corrected chi connectivity index (χ1v) is 7.87. The smallest absolute Gasteiger partial charge is 0.133 e. The van der Waals surface area contributed by atoms with Crippen LogP contribution in [0.15, 0.2) is 16.6 Å². The molecule has 21 heavy (non-hydrogen) atoms. The highest BCUT2D eigenvalue weighted by Gasteiger charge is 2.25. The number of hydrogen-bond acceptors (Lipinski definition) is 4. The summed E-state index contributed by atoms with van der Waals surface area (Å²) in [7, 11) is 5.09. The molecule has 0 aliphatic heterocycles. The molecule has 4 nitrogen and oxygen atoms in total. The lowest BCUT2D eigenvalue weighted by molar-refractivity contribution is 0.198. The third kappa shape index (κ3) is 5.16. The molecule has 120 valence electrons. The normalized spacial score (nSPS) is 11.5. The van der Waals surface area contributed by atoms with Crippen LogP contribution in [0.4, 0.5) is 0 Å². The summed E-state index contributed by atoms with van der Waals surface area (Å²) in [5.41, 5.74) is 1.14. The van der Waals surface area contributed by atoms with Crippen LogP contribution < -0.4 is 14.8 Å². The molecule has 1 N–H and O–H groups in total. The van der Waals surface area contributed by atoms with E-state index in [1.54, 1.807) is 21.3 Å². The van der Waals surface area contributed by atoms with Gasteiger partial charge in [-0.2, -0.15) is 0 Å². The molecule has 0 spiro atoms. The maximum atomic E-state index is 5.53. The predicted octanol–water partition coefficient (Wildman–Crippen LogP) is 3.37. The first-order valence-electron chi connectivity index (χ1n) is 7.08. The molecule has 0 unspecified atom stereocenters. The minimum atomic E-state index is -0.0145. The van der Waals surface area contributed by atoms with Crippen molar-refractivity contribution in [3.63, 3.8) is 0 Å². The molecule has 0 heterocycles. The third-order valence-electron chi connectivity index (χ3n) is 3.61. The van der Waals surface area contributed by atoms with Crippen molar-refractivity contribution in [1.82, 2.24) is 5.32 Å². The van der Waals surface area contributed by atoms with Crippen molar-refractivity contribution in [1.29, 1.82) is 0 Å². The van der Waals surface area contributed by atoms with Crippen molar-refractivity contribution in [2.75, 3.05) is 41.0 Å². The van der Waals surface area contributed by atoms with E-state index in [1.165, 1.54) is 0 Å². The van der Waals surface area contributed by atoms with Crippen LogP contribution in [-0.2, 0) is 10.2 Å². The monoisotopic (exact) mass is 359 g/mol. The number of ether oxygens (including phenoxy) is 3. The van der Waals surface area contributed by atoms with E-state index < -0.39 is 0 Å². The number of rotatable bonds is 9. The van der Waals surface area contributed by atoms with Gasteiger partial charge in [-0.1, -0.05) is 13.8 Å². The summed E-state index contributed by atoms with van der Waals surface area (Å²) in [5, 5.41) is 3.38. The van der Waals surface area contributed by atoms with Gasteiger partial charge in [0.15, 0.2) is 0 Å². The van der Waals surface area contributed by atoms with Gasteiger partial charge in [-0.3, -0.25) is 0 Å². The maximum Gasteiger partial charge on any atom is 0.133 e.